The van der Waals surface area contributed by atoms with E-state index in [0.717, 1.165) is 54.6 Å². The Morgan fingerprint density at radius 2 is 2.06 bits per heavy atom. The average Bonchev–Trinajstić information content (AvgIpc) is 3.36. The molecule has 1 fully saturated rings. The number of aromatic nitrogens is 1. The zero-order valence-electron chi connectivity index (χ0n) is 18.0. The molecule has 1 aliphatic heterocycles. The predicted molar refractivity (Wildman–Crippen MR) is 116 cm³/mol. The third-order valence-electron chi connectivity index (χ3n) is 6.75. The molecule has 5 rings (SSSR count). The van der Waals surface area contributed by atoms with Gasteiger partial charge in [0.1, 0.15) is 5.82 Å². The number of ether oxygens (including phenoxy) is 1. The zero-order valence-corrected chi connectivity index (χ0v) is 18.0. The summed E-state index contributed by atoms with van der Waals surface area (Å²) >= 11 is 0. The molecule has 31 heavy (non-hydrogen) atoms. The summed E-state index contributed by atoms with van der Waals surface area (Å²) in [4.78, 5) is 25.1. The number of benzene rings is 1. The molecule has 0 saturated carbocycles. The van der Waals surface area contributed by atoms with Crippen molar-refractivity contribution < 1.29 is 18.7 Å². The lowest BCUT2D eigenvalue weighted by molar-refractivity contribution is 0.0909. The summed E-state index contributed by atoms with van der Waals surface area (Å²) in [6, 6.07) is 3.17. The summed E-state index contributed by atoms with van der Waals surface area (Å²) in [5.41, 5.74) is 10.3. The number of anilines is 1. The van der Waals surface area contributed by atoms with Gasteiger partial charge in [-0.2, -0.15) is 0 Å². The minimum absolute atomic E-state index is 0.00227. The maximum absolute atomic E-state index is 15.2. The van der Waals surface area contributed by atoms with Gasteiger partial charge in [-0.15, -0.1) is 0 Å². The van der Waals surface area contributed by atoms with Crippen LogP contribution in [-0.4, -0.2) is 35.5 Å². The van der Waals surface area contributed by atoms with E-state index in [1.54, 1.807) is 6.07 Å². The Morgan fingerprint density at radius 1 is 1.26 bits per heavy atom. The molecule has 0 radical (unpaired) electrons. The van der Waals surface area contributed by atoms with E-state index in [1.807, 2.05) is 0 Å². The Bertz CT molecular complexity index is 1100. The summed E-state index contributed by atoms with van der Waals surface area (Å²) in [5.74, 6) is -1.28. The van der Waals surface area contributed by atoms with Crippen LogP contribution in [0.25, 0.3) is 5.69 Å². The number of nitrogens with zero attached hydrogens (tertiary/aromatic N) is 1. The third kappa shape index (κ3) is 3.35. The lowest BCUT2D eigenvalue weighted by Gasteiger charge is -2.30. The molecule has 7 heteroatoms. The number of nitrogens with two attached hydrogens (primary N) is 1. The highest BCUT2D eigenvalue weighted by molar-refractivity contribution is 6.01. The molecule has 164 valence electrons. The largest absolute Gasteiger partial charge is 0.379 e. The first kappa shape index (κ1) is 20.2. The number of carbonyl (C=O) groups is 2. The molecule has 2 aromatic rings. The molecule has 1 atom stereocenters. The highest BCUT2D eigenvalue weighted by Crippen LogP contribution is 2.43. The number of Topliss-reactive ketones (excluding diaryl/α,β-unsaturated/α-hetero) is 1. The van der Waals surface area contributed by atoms with Gasteiger partial charge in [0.05, 0.1) is 29.6 Å². The van der Waals surface area contributed by atoms with Gasteiger partial charge in [0.2, 0.25) is 0 Å². The SMILES string of the molecule is CC1(C)CC(=O)c2c3c(n(-c4cc(F)c(C(N)=O)c(NC5CCOC5)c4)c2C1)CCC3. The lowest BCUT2D eigenvalue weighted by atomic mass is 9.75. The minimum Gasteiger partial charge on any atom is -0.379 e. The van der Waals surface area contributed by atoms with Crippen LogP contribution in [0.15, 0.2) is 12.1 Å². The normalized spacial score (nSPS) is 21.8. The van der Waals surface area contributed by atoms with E-state index in [9.17, 15) is 9.59 Å². The van der Waals surface area contributed by atoms with Gasteiger partial charge < -0.3 is 20.4 Å². The summed E-state index contributed by atoms with van der Waals surface area (Å²) < 4.78 is 22.7. The van der Waals surface area contributed by atoms with E-state index in [1.165, 1.54) is 6.07 Å². The maximum atomic E-state index is 15.2. The molecule has 1 aromatic heterocycles. The molecule has 1 unspecified atom stereocenters. The number of primary amides is 1. The minimum atomic E-state index is -0.804. The molecular weight excluding hydrogens is 397 g/mol. The van der Waals surface area contributed by atoms with E-state index >= 15 is 4.39 Å². The van der Waals surface area contributed by atoms with Gasteiger partial charge in [-0.1, -0.05) is 13.8 Å². The van der Waals surface area contributed by atoms with Crippen molar-refractivity contribution in [2.75, 3.05) is 18.5 Å². The van der Waals surface area contributed by atoms with Crippen molar-refractivity contribution in [3.8, 4) is 5.69 Å². The first-order chi connectivity index (χ1) is 14.7. The molecule has 3 aliphatic rings. The van der Waals surface area contributed by atoms with Crippen LogP contribution in [0.2, 0.25) is 0 Å². The highest BCUT2D eigenvalue weighted by atomic mass is 19.1. The van der Waals surface area contributed by atoms with Gasteiger partial charge in [0, 0.05) is 30.0 Å². The second-order valence-electron chi connectivity index (χ2n) is 9.80. The van der Waals surface area contributed by atoms with Crippen molar-refractivity contribution >= 4 is 17.4 Å². The van der Waals surface area contributed by atoms with Crippen LogP contribution in [0.4, 0.5) is 10.1 Å². The van der Waals surface area contributed by atoms with Crippen LogP contribution in [0, 0.1) is 11.2 Å². The molecule has 2 aliphatic carbocycles. The standard InChI is InChI=1S/C24H28FN3O3/c1-24(2)10-19-21(20(29)11-24)15-4-3-5-18(15)28(19)14-8-16(25)22(23(26)30)17(9-14)27-13-6-7-31-12-13/h8-9,13,27H,3-7,10-12H2,1-2H3,(H2,26,30). The smallest absolute Gasteiger partial charge is 0.253 e. The van der Waals surface area contributed by atoms with Gasteiger partial charge >= 0.3 is 0 Å². The van der Waals surface area contributed by atoms with E-state index in [0.29, 0.717) is 31.0 Å². The van der Waals surface area contributed by atoms with Crippen LogP contribution in [-0.2, 0) is 24.0 Å². The van der Waals surface area contributed by atoms with Gasteiger partial charge in [0.15, 0.2) is 5.78 Å². The Morgan fingerprint density at radius 3 is 2.77 bits per heavy atom. The summed E-state index contributed by atoms with van der Waals surface area (Å²) in [6.07, 6.45) is 4.78. The average molecular weight is 426 g/mol. The van der Waals surface area contributed by atoms with Crippen LogP contribution in [0.5, 0.6) is 0 Å². The van der Waals surface area contributed by atoms with Crippen molar-refractivity contribution in [3.05, 3.63) is 46.0 Å². The number of halogens is 1. The van der Waals surface area contributed by atoms with Crippen molar-refractivity contribution in [3.63, 3.8) is 0 Å². The van der Waals surface area contributed by atoms with Crippen molar-refractivity contribution in [1.29, 1.82) is 0 Å². The van der Waals surface area contributed by atoms with Crippen molar-refractivity contribution in [2.24, 2.45) is 11.1 Å². The second kappa shape index (κ2) is 7.19. The Balaban J connectivity index is 1.69. The highest BCUT2D eigenvalue weighted by Gasteiger charge is 2.39. The van der Waals surface area contributed by atoms with Gasteiger partial charge in [-0.05, 0) is 55.2 Å². The number of hydrogen-bond donors (Lipinski definition) is 2. The first-order valence-electron chi connectivity index (χ1n) is 11.0. The maximum Gasteiger partial charge on any atom is 0.253 e. The van der Waals surface area contributed by atoms with E-state index in [4.69, 9.17) is 10.5 Å². The van der Waals surface area contributed by atoms with Crippen molar-refractivity contribution in [1.82, 2.24) is 4.57 Å². The number of fused-ring (bicyclic) bond motifs is 3. The molecule has 3 N–H and O–H groups in total. The molecule has 2 heterocycles. The fraction of sp³-hybridized carbons (Fsp3) is 0.500. The Kier molecular flexibility index (Phi) is 4.70. The van der Waals surface area contributed by atoms with Gasteiger partial charge in [0.25, 0.3) is 5.91 Å². The summed E-state index contributed by atoms with van der Waals surface area (Å²) in [5, 5.41) is 3.26. The molecule has 1 saturated heterocycles. The van der Waals surface area contributed by atoms with E-state index in [-0.39, 0.29) is 22.8 Å². The fourth-order valence-electron chi connectivity index (χ4n) is 5.49. The van der Waals surface area contributed by atoms with E-state index in [2.05, 4.69) is 23.7 Å². The Hall–Kier alpha value is -2.67. The number of rotatable bonds is 4. The van der Waals surface area contributed by atoms with Gasteiger partial charge in [-0.25, -0.2) is 4.39 Å². The number of amides is 1. The quantitative estimate of drug-likeness (QED) is 0.784. The van der Waals surface area contributed by atoms with Gasteiger partial charge in [-0.3, -0.25) is 9.59 Å². The molecule has 0 spiro atoms. The molecular formula is C24H28FN3O3. The molecule has 6 nitrogen and oxygen atoms in total. The monoisotopic (exact) mass is 425 g/mol. The number of hydrogen-bond acceptors (Lipinski definition) is 4. The number of nitrogens with one attached hydrogen (secondary N) is 1. The molecule has 1 aromatic carbocycles. The molecule has 1 amide bonds. The van der Waals surface area contributed by atoms with Crippen molar-refractivity contribution in [2.45, 2.75) is 58.4 Å². The predicted octanol–water partition coefficient (Wildman–Crippen LogP) is 3.56. The number of ketones is 1. The lowest BCUT2D eigenvalue weighted by Crippen LogP contribution is -2.28. The van der Waals surface area contributed by atoms with Crippen LogP contribution < -0.4 is 11.1 Å². The first-order valence-corrected chi connectivity index (χ1v) is 11.0. The van der Waals surface area contributed by atoms with Crippen LogP contribution in [0.1, 0.15) is 70.8 Å². The fourth-order valence-corrected chi connectivity index (χ4v) is 5.49. The zero-order chi connectivity index (χ0) is 21.9. The Labute approximate surface area is 180 Å². The second-order valence-corrected chi connectivity index (χ2v) is 9.80. The topological polar surface area (TPSA) is 86.4 Å². The third-order valence-corrected chi connectivity index (χ3v) is 6.75. The summed E-state index contributed by atoms with van der Waals surface area (Å²) in [6.45, 7) is 5.32. The van der Waals surface area contributed by atoms with Crippen LogP contribution >= 0.6 is 0 Å². The molecule has 0 bridgehead atoms. The number of carbonyl (C=O) groups excluding carboxylic acids is 2. The summed E-state index contributed by atoms with van der Waals surface area (Å²) in [7, 11) is 0. The van der Waals surface area contributed by atoms with Crippen LogP contribution in [0.3, 0.4) is 0 Å². The van der Waals surface area contributed by atoms with E-state index < -0.39 is 11.7 Å².